The maximum absolute atomic E-state index is 4.67. The Balaban J connectivity index is 2.18. The Bertz CT molecular complexity index is 549. The second-order valence-electron chi connectivity index (χ2n) is 6.33. The van der Waals surface area contributed by atoms with Crippen molar-refractivity contribution < 1.29 is 0 Å². The highest BCUT2D eigenvalue weighted by Gasteiger charge is 2.23. The summed E-state index contributed by atoms with van der Waals surface area (Å²) in [7, 11) is 4.07. The van der Waals surface area contributed by atoms with Crippen LogP contribution in [0.2, 0.25) is 0 Å². The van der Waals surface area contributed by atoms with Gasteiger partial charge in [0.1, 0.15) is 0 Å². The highest BCUT2D eigenvalue weighted by atomic mass is 15.3. The lowest BCUT2D eigenvalue weighted by Crippen LogP contribution is -2.38. The molecule has 19 heavy (non-hydrogen) atoms. The van der Waals surface area contributed by atoms with Crippen molar-refractivity contribution >= 4 is 10.9 Å². The van der Waals surface area contributed by atoms with E-state index in [-0.39, 0.29) is 5.41 Å². The molecule has 3 heteroatoms. The second kappa shape index (κ2) is 5.33. The van der Waals surface area contributed by atoms with Gasteiger partial charge in [-0.1, -0.05) is 39.0 Å². The molecule has 1 aromatic carbocycles. The number of para-hydroxylation sites is 1. The molecule has 2 rings (SSSR count). The van der Waals surface area contributed by atoms with Crippen LogP contribution in [0.15, 0.2) is 24.3 Å². The van der Waals surface area contributed by atoms with Crippen LogP contribution in [0, 0.1) is 5.41 Å². The number of aryl methyl sites for hydroxylation is 2. The molecular formula is C16H25N3. The topological polar surface area (TPSA) is 29.9 Å². The Morgan fingerprint density at radius 1 is 1.26 bits per heavy atom. The first kappa shape index (κ1) is 14.1. The molecule has 0 radical (unpaired) electrons. The van der Waals surface area contributed by atoms with Crippen LogP contribution < -0.4 is 5.32 Å². The van der Waals surface area contributed by atoms with Crippen molar-refractivity contribution in [3.63, 3.8) is 0 Å². The summed E-state index contributed by atoms with van der Waals surface area (Å²) < 4.78 is 1.98. The Morgan fingerprint density at radius 3 is 2.58 bits per heavy atom. The molecular weight excluding hydrogens is 234 g/mol. The summed E-state index contributed by atoms with van der Waals surface area (Å²) >= 11 is 0. The number of rotatable bonds is 4. The third-order valence-electron chi connectivity index (χ3n) is 3.90. The SMILES string of the molecule is CNC(CCc1nn(C)c2ccccc12)C(C)(C)C. The third-order valence-corrected chi connectivity index (χ3v) is 3.90. The predicted molar refractivity (Wildman–Crippen MR) is 81.3 cm³/mol. The largest absolute Gasteiger partial charge is 0.316 e. The summed E-state index contributed by atoms with van der Waals surface area (Å²) in [5.41, 5.74) is 2.70. The Morgan fingerprint density at radius 2 is 1.95 bits per heavy atom. The summed E-state index contributed by atoms with van der Waals surface area (Å²) in [4.78, 5) is 0. The van der Waals surface area contributed by atoms with E-state index in [0.717, 1.165) is 12.8 Å². The van der Waals surface area contributed by atoms with Crippen LogP contribution in [0.5, 0.6) is 0 Å². The number of aromatic nitrogens is 2. The smallest absolute Gasteiger partial charge is 0.0703 e. The molecule has 0 saturated carbocycles. The van der Waals surface area contributed by atoms with E-state index < -0.39 is 0 Å². The Kier molecular flexibility index (Phi) is 3.95. The zero-order valence-electron chi connectivity index (χ0n) is 12.7. The molecule has 1 N–H and O–H groups in total. The van der Waals surface area contributed by atoms with Gasteiger partial charge in [0.25, 0.3) is 0 Å². The summed E-state index contributed by atoms with van der Waals surface area (Å²) in [5.74, 6) is 0. The van der Waals surface area contributed by atoms with Gasteiger partial charge in [0.2, 0.25) is 0 Å². The molecule has 1 unspecified atom stereocenters. The summed E-state index contributed by atoms with van der Waals surface area (Å²) in [6.45, 7) is 6.85. The van der Waals surface area contributed by atoms with Gasteiger partial charge in [0, 0.05) is 18.5 Å². The molecule has 104 valence electrons. The molecule has 0 saturated heterocycles. The van der Waals surface area contributed by atoms with E-state index in [9.17, 15) is 0 Å². The fourth-order valence-corrected chi connectivity index (χ4v) is 2.76. The number of hydrogen-bond donors (Lipinski definition) is 1. The van der Waals surface area contributed by atoms with Gasteiger partial charge in [-0.3, -0.25) is 4.68 Å². The number of nitrogens with zero attached hydrogens (tertiary/aromatic N) is 2. The van der Waals surface area contributed by atoms with Crippen molar-refractivity contribution in [3.8, 4) is 0 Å². The van der Waals surface area contributed by atoms with Crippen LogP contribution in [-0.4, -0.2) is 22.9 Å². The predicted octanol–water partition coefficient (Wildman–Crippen LogP) is 3.14. The molecule has 1 atom stereocenters. The van der Waals surface area contributed by atoms with Crippen molar-refractivity contribution in [2.45, 2.75) is 39.7 Å². The summed E-state index contributed by atoms with van der Waals surface area (Å²) in [5, 5.41) is 9.39. The standard InChI is InChI=1S/C16H25N3/c1-16(2,3)15(17-4)11-10-13-12-8-6-7-9-14(12)19(5)18-13/h6-9,15,17H,10-11H2,1-5H3. The minimum absolute atomic E-state index is 0.277. The molecule has 0 bridgehead atoms. The number of benzene rings is 1. The van der Waals surface area contributed by atoms with Gasteiger partial charge in [-0.05, 0) is 31.4 Å². The van der Waals surface area contributed by atoms with Crippen LogP contribution >= 0.6 is 0 Å². The zero-order valence-corrected chi connectivity index (χ0v) is 12.7. The quantitative estimate of drug-likeness (QED) is 0.914. The fourth-order valence-electron chi connectivity index (χ4n) is 2.76. The van der Waals surface area contributed by atoms with Crippen molar-refractivity contribution in [2.75, 3.05) is 7.05 Å². The molecule has 0 amide bonds. The van der Waals surface area contributed by atoms with Crippen LogP contribution in [0.3, 0.4) is 0 Å². The number of fused-ring (bicyclic) bond motifs is 1. The molecule has 0 spiro atoms. The van der Waals surface area contributed by atoms with Crippen LogP contribution in [0.4, 0.5) is 0 Å². The van der Waals surface area contributed by atoms with Gasteiger partial charge in [0.05, 0.1) is 11.2 Å². The highest BCUT2D eigenvalue weighted by Crippen LogP contribution is 2.25. The third kappa shape index (κ3) is 2.98. The minimum atomic E-state index is 0.277. The van der Waals surface area contributed by atoms with E-state index in [1.807, 2.05) is 18.8 Å². The van der Waals surface area contributed by atoms with Gasteiger partial charge in [0.15, 0.2) is 0 Å². The first-order valence-electron chi connectivity index (χ1n) is 7.01. The molecule has 0 fully saturated rings. The van der Waals surface area contributed by atoms with E-state index in [1.54, 1.807) is 0 Å². The van der Waals surface area contributed by atoms with Gasteiger partial charge >= 0.3 is 0 Å². The van der Waals surface area contributed by atoms with Gasteiger partial charge in [-0.2, -0.15) is 5.10 Å². The lowest BCUT2D eigenvalue weighted by atomic mass is 9.84. The van der Waals surface area contributed by atoms with Crippen LogP contribution in [0.1, 0.15) is 32.9 Å². The molecule has 0 aliphatic heterocycles. The van der Waals surface area contributed by atoms with Crippen LogP contribution in [-0.2, 0) is 13.5 Å². The second-order valence-corrected chi connectivity index (χ2v) is 6.33. The molecule has 3 nitrogen and oxygen atoms in total. The monoisotopic (exact) mass is 259 g/mol. The van der Waals surface area contributed by atoms with Gasteiger partial charge in [-0.15, -0.1) is 0 Å². The number of hydrogen-bond acceptors (Lipinski definition) is 2. The zero-order chi connectivity index (χ0) is 14.0. The maximum atomic E-state index is 4.67. The van der Waals surface area contributed by atoms with Crippen molar-refractivity contribution in [1.82, 2.24) is 15.1 Å². The minimum Gasteiger partial charge on any atom is -0.316 e. The first-order chi connectivity index (χ1) is 8.93. The van der Waals surface area contributed by atoms with E-state index in [2.05, 4.69) is 55.5 Å². The van der Waals surface area contributed by atoms with Crippen molar-refractivity contribution in [3.05, 3.63) is 30.0 Å². The average molecular weight is 259 g/mol. The van der Waals surface area contributed by atoms with Crippen molar-refractivity contribution in [1.29, 1.82) is 0 Å². The van der Waals surface area contributed by atoms with Crippen LogP contribution in [0.25, 0.3) is 10.9 Å². The number of nitrogens with one attached hydrogen (secondary N) is 1. The average Bonchev–Trinajstić information content (AvgIpc) is 2.66. The normalized spacial score (nSPS) is 13.9. The highest BCUT2D eigenvalue weighted by molar-refractivity contribution is 5.81. The lowest BCUT2D eigenvalue weighted by molar-refractivity contribution is 0.267. The maximum Gasteiger partial charge on any atom is 0.0703 e. The van der Waals surface area contributed by atoms with Crippen molar-refractivity contribution in [2.24, 2.45) is 12.5 Å². The van der Waals surface area contributed by atoms with E-state index in [4.69, 9.17) is 0 Å². The Labute approximate surface area is 116 Å². The van der Waals surface area contributed by atoms with Gasteiger partial charge in [-0.25, -0.2) is 0 Å². The first-order valence-corrected chi connectivity index (χ1v) is 7.01. The van der Waals surface area contributed by atoms with Gasteiger partial charge < -0.3 is 5.32 Å². The van der Waals surface area contributed by atoms with E-state index in [0.29, 0.717) is 6.04 Å². The molecule has 2 aromatic rings. The summed E-state index contributed by atoms with van der Waals surface area (Å²) in [6, 6.07) is 8.97. The lowest BCUT2D eigenvalue weighted by Gasteiger charge is -2.30. The molecule has 0 aliphatic carbocycles. The molecule has 1 heterocycles. The fraction of sp³-hybridized carbons (Fsp3) is 0.562. The molecule has 0 aliphatic rings. The summed E-state index contributed by atoms with van der Waals surface area (Å²) in [6.07, 6.45) is 2.13. The van der Waals surface area contributed by atoms with E-state index in [1.165, 1.54) is 16.6 Å². The Hall–Kier alpha value is -1.35. The van der Waals surface area contributed by atoms with E-state index >= 15 is 0 Å². The molecule has 1 aromatic heterocycles.